The maximum Gasteiger partial charge on any atom is 0.263 e. The first kappa shape index (κ1) is 18.5. The summed E-state index contributed by atoms with van der Waals surface area (Å²) in [5.41, 5.74) is 1.99. The van der Waals surface area contributed by atoms with Crippen LogP contribution >= 0.6 is 0 Å². The van der Waals surface area contributed by atoms with Crippen LogP contribution in [-0.2, 0) is 16.1 Å². The topological polar surface area (TPSA) is 61.9 Å². The van der Waals surface area contributed by atoms with E-state index in [1.165, 1.54) is 12.5 Å². The van der Waals surface area contributed by atoms with Gasteiger partial charge in [0.1, 0.15) is 5.75 Å². The maximum atomic E-state index is 12.8. The fourth-order valence-electron chi connectivity index (χ4n) is 3.90. The highest BCUT2D eigenvalue weighted by Gasteiger charge is 2.34. The zero-order valence-corrected chi connectivity index (χ0v) is 16.0. The molecule has 0 aromatic heterocycles. The number of nitrogens with zero attached hydrogens (tertiary/aromatic N) is 2. The molecule has 146 valence electrons. The number of rotatable bonds is 4. The van der Waals surface area contributed by atoms with E-state index in [9.17, 15) is 9.59 Å². The summed E-state index contributed by atoms with van der Waals surface area (Å²) >= 11 is 0. The number of hydrogen-bond acceptors (Lipinski definition) is 4. The lowest BCUT2D eigenvalue weighted by Gasteiger charge is -2.34. The number of carbonyl (C=O) groups is 2. The van der Waals surface area contributed by atoms with Crippen molar-refractivity contribution in [3.05, 3.63) is 60.2 Å². The van der Waals surface area contributed by atoms with Crippen LogP contribution < -0.4 is 15.0 Å². The molecule has 1 saturated heterocycles. The Labute approximate surface area is 165 Å². The minimum atomic E-state index is -0.693. The third-order valence-corrected chi connectivity index (χ3v) is 5.31. The third kappa shape index (κ3) is 4.02. The van der Waals surface area contributed by atoms with Crippen molar-refractivity contribution in [1.82, 2.24) is 10.2 Å². The highest BCUT2D eigenvalue weighted by molar-refractivity contribution is 5.95. The summed E-state index contributed by atoms with van der Waals surface area (Å²) in [6.45, 7) is 4.40. The molecule has 0 aliphatic carbocycles. The van der Waals surface area contributed by atoms with Gasteiger partial charge < -0.3 is 15.0 Å². The minimum absolute atomic E-state index is 0.0940. The first-order valence-corrected chi connectivity index (χ1v) is 9.70. The molecule has 2 aliphatic rings. The lowest BCUT2D eigenvalue weighted by atomic mass is 10.1. The number of para-hydroxylation sites is 2. The van der Waals surface area contributed by atoms with Crippen molar-refractivity contribution < 1.29 is 14.3 Å². The number of amides is 2. The van der Waals surface area contributed by atoms with Crippen LogP contribution in [0.4, 0.5) is 5.69 Å². The van der Waals surface area contributed by atoms with Crippen LogP contribution in [0.2, 0.25) is 0 Å². The van der Waals surface area contributed by atoms with E-state index in [4.69, 9.17) is 4.74 Å². The first-order chi connectivity index (χ1) is 13.6. The molecule has 4 rings (SSSR count). The minimum Gasteiger partial charge on any atom is -0.477 e. The lowest BCUT2D eigenvalue weighted by molar-refractivity contribution is -0.128. The smallest absolute Gasteiger partial charge is 0.263 e. The molecule has 1 N–H and O–H groups in total. The Kier molecular flexibility index (Phi) is 5.30. The molecule has 2 aromatic rings. The zero-order chi connectivity index (χ0) is 19.5. The fraction of sp³-hybridized carbons (Fsp3) is 0.364. The molecule has 0 unspecified atom stereocenters. The van der Waals surface area contributed by atoms with E-state index in [0.717, 1.165) is 26.1 Å². The van der Waals surface area contributed by atoms with Gasteiger partial charge in [-0.05, 0) is 24.1 Å². The molecule has 0 bridgehead atoms. The van der Waals surface area contributed by atoms with Crippen molar-refractivity contribution in [1.29, 1.82) is 0 Å². The normalized spacial score (nSPS) is 21.7. The van der Waals surface area contributed by atoms with Crippen molar-refractivity contribution in [3.8, 4) is 5.75 Å². The molecule has 2 atom stereocenters. The predicted molar refractivity (Wildman–Crippen MR) is 107 cm³/mol. The summed E-state index contributed by atoms with van der Waals surface area (Å²) in [5.74, 6) is 0.317. The monoisotopic (exact) mass is 379 g/mol. The average Bonchev–Trinajstić information content (AvgIpc) is 3.14. The maximum absolute atomic E-state index is 12.8. The van der Waals surface area contributed by atoms with Gasteiger partial charge >= 0.3 is 0 Å². The van der Waals surface area contributed by atoms with E-state index in [1.54, 1.807) is 11.0 Å². The molecule has 2 aromatic carbocycles. The van der Waals surface area contributed by atoms with Crippen molar-refractivity contribution in [3.63, 3.8) is 0 Å². The summed E-state index contributed by atoms with van der Waals surface area (Å²) in [6, 6.07) is 17.8. The van der Waals surface area contributed by atoms with Gasteiger partial charge in [0.15, 0.2) is 6.10 Å². The fourth-order valence-corrected chi connectivity index (χ4v) is 3.90. The number of ether oxygens (including phenoxy) is 1. The Hall–Kier alpha value is -2.86. The van der Waals surface area contributed by atoms with E-state index in [1.807, 2.05) is 36.4 Å². The van der Waals surface area contributed by atoms with Gasteiger partial charge in [0.05, 0.1) is 12.2 Å². The predicted octanol–water partition coefficient (Wildman–Crippen LogP) is 2.19. The van der Waals surface area contributed by atoms with Crippen LogP contribution in [0.5, 0.6) is 5.75 Å². The summed E-state index contributed by atoms with van der Waals surface area (Å²) in [4.78, 5) is 28.8. The Morgan fingerprint density at radius 2 is 1.82 bits per heavy atom. The van der Waals surface area contributed by atoms with Crippen LogP contribution in [0.3, 0.4) is 0 Å². The van der Waals surface area contributed by atoms with E-state index in [0.29, 0.717) is 11.4 Å². The number of hydrogen-bond donors (Lipinski definition) is 1. The van der Waals surface area contributed by atoms with Crippen LogP contribution in [0, 0.1) is 0 Å². The molecule has 6 heteroatoms. The first-order valence-electron chi connectivity index (χ1n) is 9.70. The summed E-state index contributed by atoms with van der Waals surface area (Å²) in [5, 5.41) is 3.11. The second-order valence-corrected chi connectivity index (χ2v) is 7.42. The van der Waals surface area contributed by atoms with Crippen LogP contribution in [0.1, 0.15) is 18.9 Å². The number of fused-ring (bicyclic) bond motifs is 1. The van der Waals surface area contributed by atoms with Gasteiger partial charge in [0.2, 0.25) is 5.91 Å². The number of likely N-dealkylation sites (tertiary alicyclic amines) is 1. The number of nitrogens with one attached hydrogen (secondary N) is 1. The number of benzene rings is 2. The molecule has 2 aliphatic heterocycles. The van der Waals surface area contributed by atoms with Crippen LogP contribution in [0.15, 0.2) is 54.6 Å². The van der Waals surface area contributed by atoms with Gasteiger partial charge in [-0.25, -0.2) is 0 Å². The molecular formula is C22H25N3O3. The Balaban J connectivity index is 1.36. The molecule has 1 fully saturated rings. The second kappa shape index (κ2) is 8.02. The van der Waals surface area contributed by atoms with E-state index >= 15 is 0 Å². The standard InChI is InChI=1S/C22H25N3O3/c1-16(26)25-15-21(28-20-10-6-5-9-19(20)25)22(27)23-18-11-12-24(14-18)13-17-7-3-2-4-8-17/h2-10,18,21H,11-15H2,1H3,(H,23,27)/t18-,21+/m0/s1. The van der Waals surface area contributed by atoms with E-state index in [-0.39, 0.29) is 24.4 Å². The van der Waals surface area contributed by atoms with Crippen molar-refractivity contribution in [2.24, 2.45) is 0 Å². The van der Waals surface area contributed by atoms with Gasteiger partial charge in [-0.3, -0.25) is 14.5 Å². The van der Waals surface area contributed by atoms with Crippen molar-refractivity contribution in [2.45, 2.75) is 32.0 Å². The van der Waals surface area contributed by atoms with Crippen molar-refractivity contribution in [2.75, 3.05) is 24.5 Å². The van der Waals surface area contributed by atoms with Crippen LogP contribution in [-0.4, -0.2) is 48.5 Å². The summed E-state index contributed by atoms with van der Waals surface area (Å²) in [7, 11) is 0. The van der Waals surface area contributed by atoms with E-state index in [2.05, 4.69) is 22.3 Å². The molecular weight excluding hydrogens is 354 g/mol. The van der Waals surface area contributed by atoms with Crippen molar-refractivity contribution >= 4 is 17.5 Å². The Morgan fingerprint density at radius 3 is 2.61 bits per heavy atom. The summed E-state index contributed by atoms with van der Waals surface area (Å²) in [6.07, 6.45) is 0.222. The van der Waals surface area contributed by atoms with Gasteiger partial charge in [0.25, 0.3) is 5.91 Å². The van der Waals surface area contributed by atoms with Gasteiger partial charge in [0, 0.05) is 32.6 Å². The highest BCUT2D eigenvalue weighted by atomic mass is 16.5. The molecule has 0 radical (unpaired) electrons. The molecule has 2 heterocycles. The number of carbonyl (C=O) groups excluding carboxylic acids is 2. The summed E-state index contributed by atoms with van der Waals surface area (Å²) < 4.78 is 5.89. The van der Waals surface area contributed by atoms with E-state index < -0.39 is 6.10 Å². The third-order valence-electron chi connectivity index (χ3n) is 5.31. The van der Waals surface area contributed by atoms with Gasteiger partial charge in [-0.1, -0.05) is 42.5 Å². The van der Waals surface area contributed by atoms with Crippen LogP contribution in [0.25, 0.3) is 0 Å². The van der Waals surface area contributed by atoms with Gasteiger partial charge in [-0.15, -0.1) is 0 Å². The quantitative estimate of drug-likeness (QED) is 0.885. The largest absolute Gasteiger partial charge is 0.477 e. The lowest BCUT2D eigenvalue weighted by Crippen LogP contribution is -2.52. The molecule has 28 heavy (non-hydrogen) atoms. The second-order valence-electron chi connectivity index (χ2n) is 7.42. The molecule has 6 nitrogen and oxygen atoms in total. The SMILES string of the molecule is CC(=O)N1C[C@H](C(=O)N[C@H]2CCN(Cc3ccccc3)C2)Oc2ccccc21. The Bertz CT molecular complexity index is 855. The zero-order valence-electron chi connectivity index (χ0n) is 16.0. The molecule has 0 saturated carbocycles. The number of anilines is 1. The van der Waals surface area contributed by atoms with Gasteiger partial charge in [-0.2, -0.15) is 0 Å². The highest BCUT2D eigenvalue weighted by Crippen LogP contribution is 2.33. The molecule has 2 amide bonds. The average molecular weight is 379 g/mol. The molecule has 0 spiro atoms. The Morgan fingerprint density at radius 1 is 1.07 bits per heavy atom.